The van der Waals surface area contributed by atoms with Crippen LogP contribution in [0, 0.1) is 5.41 Å². The Morgan fingerprint density at radius 2 is 2.05 bits per heavy atom. The van der Waals surface area contributed by atoms with Crippen molar-refractivity contribution in [3.63, 3.8) is 0 Å². The average molecular weight is 301 g/mol. The Kier molecular flexibility index (Phi) is 3.55. The molecule has 0 radical (unpaired) electrons. The fraction of sp³-hybridized carbons (Fsp3) is 0.714. The second kappa shape index (κ2) is 5.12. The van der Waals surface area contributed by atoms with E-state index in [-0.39, 0.29) is 17.5 Å². The summed E-state index contributed by atoms with van der Waals surface area (Å²) in [5.41, 5.74) is -1.12. The Balaban J connectivity index is 1.84. The predicted octanol–water partition coefficient (Wildman–Crippen LogP) is 2.63. The number of halogens is 3. The summed E-state index contributed by atoms with van der Waals surface area (Å²) in [7, 11) is 0. The Labute approximate surface area is 121 Å². The normalized spacial score (nSPS) is 30.1. The van der Waals surface area contributed by atoms with Crippen LogP contribution in [0.4, 0.5) is 19.1 Å². The minimum atomic E-state index is -4.46. The SMILES string of the molecule is O[C@@H]1CCC[C@@]12CCCN(c1nccc(C(F)(F)F)n1)C2. The number of piperidine rings is 1. The molecule has 2 fully saturated rings. The van der Waals surface area contributed by atoms with Crippen molar-refractivity contribution in [3.05, 3.63) is 18.0 Å². The molecule has 4 nitrogen and oxygen atoms in total. The van der Waals surface area contributed by atoms with Crippen LogP contribution in [0.1, 0.15) is 37.8 Å². The van der Waals surface area contributed by atoms with Crippen LogP contribution in [0.5, 0.6) is 0 Å². The fourth-order valence-electron chi connectivity index (χ4n) is 3.59. The van der Waals surface area contributed by atoms with Gasteiger partial charge in [-0.05, 0) is 31.7 Å². The number of aliphatic hydroxyl groups excluding tert-OH is 1. The number of rotatable bonds is 1. The summed E-state index contributed by atoms with van der Waals surface area (Å²) in [4.78, 5) is 9.43. The summed E-state index contributed by atoms with van der Waals surface area (Å²) in [6, 6.07) is 0.883. The second-order valence-corrected chi connectivity index (χ2v) is 6.04. The minimum absolute atomic E-state index is 0.114. The number of aromatic nitrogens is 2. The summed E-state index contributed by atoms with van der Waals surface area (Å²) in [5, 5.41) is 10.2. The van der Waals surface area contributed by atoms with Crippen molar-refractivity contribution < 1.29 is 18.3 Å². The number of nitrogens with zero attached hydrogens (tertiary/aromatic N) is 3. The number of aliphatic hydroxyl groups is 1. The van der Waals surface area contributed by atoms with Crippen LogP contribution in [0.2, 0.25) is 0 Å². The van der Waals surface area contributed by atoms with E-state index in [1.54, 1.807) is 4.90 Å². The van der Waals surface area contributed by atoms with Crippen molar-refractivity contribution in [2.45, 2.75) is 44.4 Å². The lowest BCUT2D eigenvalue weighted by Crippen LogP contribution is -2.48. The molecule has 0 amide bonds. The molecule has 1 saturated carbocycles. The van der Waals surface area contributed by atoms with Crippen LogP contribution >= 0.6 is 0 Å². The molecule has 1 spiro atoms. The molecule has 1 aliphatic carbocycles. The van der Waals surface area contributed by atoms with Gasteiger partial charge in [-0.15, -0.1) is 0 Å². The van der Waals surface area contributed by atoms with Gasteiger partial charge >= 0.3 is 6.18 Å². The standard InChI is InChI=1S/C14H18F3N3O/c15-14(16,17)10-4-7-18-12(19-10)20-8-2-6-13(9-20)5-1-3-11(13)21/h4,7,11,21H,1-3,5-6,8-9H2/t11-,13+/m1/s1. The molecular weight excluding hydrogens is 283 g/mol. The maximum absolute atomic E-state index is 12.7. The van der Waals surface area contributed by atoms with Gasteiger partial charge in [-0.2, -0.15) is 13.2 Å². The first-order valence-electron chi connectivity index (χ1n) is 7.24. The van der Waals surface area contributed by atoms with E-state index in [9.17, 15) is 18.3 Å². The van der Waals surface area contributed by atoms with E-state index in [1.165, 1.54) is 0 Å². The van der Waals surface area contributed by atoms with E-state index in [2.05, 4.69) is 9.97 Å². The Morgan fingerprint density at radius 3 is 2.71 bits per heavy atom. The first-order chi connectivity index (χ1) is 9.91. The van der Waals surface area contributed by atoms with Gasteiger partial charge < -0.3 is 10.0 Å². The van der Waals surface area contributed by atoms with Crippen molar-refractivity contribution >= 4 is 5.95 Å². The Hall–Kier alpha value is -1.37. The van der Waals surface area contributed by atoms with Crippen molar-refractivity contribution in [2.75, 3.05) is 18.0 Å². The lowest BCUT2D eigenvalue weighted by atomic mass is 9.77. The highest BCUT2D eigenvalue weighted by Crippen LogP contribution is 2.45. The zero-order chi connectivity index (χ0) is 15.1. The van der Waals surface area contributed by atoms with Crippen LogP contribution in [0.25, 0.3) is 0 Å². The highest BCUT2D eigenvalue weighted by molar-refractivity contribution is 5.33. The van der Waals surface area contributed by atoms with Crippen molar-refractivity contribution in [3.8, 4) is 0 Å². The van der Waals surface area contributed by atoms with Crippen molar-refractivity contribution in [1.82, 2.24) is 9.97 Å². The first kappa shape index (κ1) is 14.6. The maximum atomic E-state index is 12.7. The van der Waals surface area contributed by atoms with Gasteiger partial charge in [0, 0.05) is 24.7 Å². The molecule has 2 heterocycles. The maximum Gasteiger partial charge on any atom is 0.433 e. The molecule has 1 N–H and O–H groups in total. The molecule has 2 aliphatic rings. The molecule has 0 bridgehead atoms. The first-order valence-corrected chi connectivity index (χ1v) is 7.24. The van der Waals surface area contributed by atoms with Crippen molar-refractivity contribution in [1.29, 1.82) is 0 Å². The zero-order valence-corrected chi connectivity index (χ0v) is 11.6. The van der Waals surface area contributed by atoms with E-state index in [1.807, 2.05) is 0 Å². The van der Waals surface area contributed by atoms with Gasteiger partial charge in [0.25, 0.3) is 0 Å². The fourth-order valence-corrected chi connectivity index (χ4v) is 3.59. The summed E-state index contributed by atoms with van der Waals surface area (Å²) in [6.07, 6.45) is 0.751. The monoisotopic (exact) mass is 301 g/mol. The molecule has 0 unspecified atom stereocenters. The number of alkyl halides is 3. The van der Waals surface area contributed by atoms with Gasteiger partial charge in [0.1, 0.15) is 5.69 Å². The number of anilines is 1. The predicted molar refractivity (Wildman–Crippen MR) is 70.8 cm³/mol. The largest absolute Gasteiger partial charge is 0.433 e. The zero-order valence-electron chi connectivity index (χ0n) is 11.6. The molecule has 0 aromatic carbocycles. The van der Waals surface area contributed by atoms with Gasteiger partial charge in [-0.25, -0.2) is 9.97 Å². The Bertz CT molecular complexity index is 522. The summed E-state index contributed by atoms with van der Waals surface area (Å²) in [6.45, 7) is 1.17. The molecule has 2 atom stereocenters. The van der Waals surface area contributed by atoms with E-state index < -0.39 is 11.9 Å². The van der Waals surface area contributed by atoms with Crippen LogP contribution in [-0.2, 0) is 6.18 Å². The quantitative estimate of drug-likeness (QED) is 0.866. The van der Waals surface area contributed by atoms with Gasteiger partial charge in [0.15, 0.2) is 0 Å². The summed E-state index contributed by atoms with van der Waals surface area (Å²) in [5.74, 6) is 0.114. The summed E-state index contributed by atoms with van der Waals surface area (Å²) < 4.78 is 38.2. The molecule has 116 valence electrons. The molecule has 1 aromatic rings. The van der Waals surface area contributed by atoms with E-state index in [0.717, 1.165) is 44.4 Å². The molecule has 1 aromatic heterocycles. The van der Waals surface area contributed by atoms with Crippen molar-refractivity contribution in [2.24, 2.45) is 5.41 Å². The third-order valence-corrected chi connectivity index (χ3v) is 4.68. The lowest BCUT2D eigenvalue weighted by Gasteiger charge is -2.42. The van der Waals surface area contributed by atoms with Crippen LogP contribution in [0.15, 0.2) is 12.3 Å². The molecule has 1 aliphatic heterocycles. The van der Waals surface area contributed by atoms with E-state index >= 15 is 0 Å². The minimum Gasteiger partial charge on any atom is -0.392 e. The smallest absolute Gasteiger partial charge is 0.392 e. The summed E-state index contributed by atoms with van der Waals surface area (Å²) >= 11 is 0. The van der Waals surface area contributed by atoms with Crippen LogP contribution in [-0.4, -0.2) is 34.3 Å². The molecule has 3 rings (SSSR count). The van der Waals surface area contributed by atoms with Gasteiger partial charge in [-0.3, -0.25) is 0 Å². The molecule has 7 heteroatoms. The lowest BCUT2D eigenvalue weighted by molar-refractivity contribution is -0.141. The second-order valence-electron chi connectivity index (χ2n) is 6.04. The number of hydrogen-bond donors (Lipinski definition) is 1. The third-order valence-electron chi connectivity index (χ3n) is 4.68. The van der Waals surface area contributed by atoms with Gasteiger partial charge in [0.05, 0.1) is 6.10 Å². The number of hydrogen-bond acceptors (Lipinski definition) is 4. The Morgan fingerprint density at radius 1 is 1.29 bits per heavy atom. The molecule has 21 heavy (non-hydrogen) atoms. The molecule has 1 saturated heterocycles. The van der Waals surface area contributed by atoms with Crippen LogP contribution < -0.4 is 4.90 Å². The van der Waals surface area contributed by atoms with E-state index in [0.29, 0.717) is 13.1 Å². The van der Waals surface area contributed by atoms with Crippen LogP contribution in [0.3, 0.4) is 0 Å². The topological polar surface area (TPSA) is 49.2 Å². The highest BCUT2D eigenvalue weighted by atomic mass is 19.4. The van der Waals surface area contributed by atoms with Gasteiger partial charge in [-0.1, -0.05) is 6.42 Å². The highest BCUT2D eigenvalue weighted by Gasteiger charge is 2.45. The van der Waals surface area contributed by atoms with E-state index in [4.69, 9.17) is 0 Å². The molecular formula is C14H18F3N3O. The third kappa shape index (κ3) is 2.71. The van der Waals surface area contributed by atoms with Gasteiger partial charge in [0.2, 0.25) is 5.95 Å². The average Bonchev–Trinajstić information content (AvgIpc) is 2.79.